The Morgan fingerprint density at radius 2 is 1.71 bits per heavy atom. The summed E-state index contributed by atoms with van der Waals surface area (Å²) >= 11 is 0. The number of likely N-dealkylation sites (tertiary alicyclic amines) is 1. The fourth-order valence-electron chi connectivity index (χ4n) is 4.61. The minimum Gasteiger partial charge on any atom is -0.294 e. The molecule has 5 atom stereocenters. The van der Waals surface area contributed by atoms with E-state index in [2.05, 4.69) is 25.7 Å². The van der Waals surface area contributed by atoms with E-state index in [0.717, 1.165) is 35.9 Å². The largest absolute Gasteiger partial charge is 0.294 e. The van der Waals surface area contributed by atoms with Crippen LogP contribution in [-0.4, -0.2) is 23.0 Å². The lowest BCUT2D eigenvalue weighted by Gasteiger charge is -2.56. The van der Waals surface area contributed by atoms with Gasteiger partial charge in [-0.05, 0) is 57.3 Å². The van der Waals surface area contributed by atoms with E-state index in [4.69, 9.17) is 0 Å². The van der Waals surface area contributed by atoms with Gasteiger partial charge >= 0.3 is 0 Å². The third-order valence-electron chi connectivity index (χ3n) is 4.91. The van der Waals surface area contributed by atoms with Crippen molar-refractivity contribution in [1.82, 2.24) is 4.90 Å². The third kappa shape index (κ3) is 1.11. The fourth-order valence-corrected chi connectivity index (χ4v) is 4.61. The highest BCUT2D eigenvalue weighted by molar-refractivity contribution is 5.09. The predicted octanol–water partition coefficient (Wildman–Crippen LogP) is 2.90. The second-order valence-electron chi connectivity index (χ2n) is 6.25. The lowest BCUT2D eigenvalue weighted by Crippen LogP contribution is -2.64. The summed E-state index contributed by atoms with van der Waals surface area (Å²) < 4.78 is 0. The highest BCUT2D eigenvalue weighted by atomic mass is 15.3. The van der Waals surface area contributed by atoms with Gasteiger partial charge in [-0.3, -0.25) is 4.90 Å². The van der Waals surface area contributed by atoms with Crippen LogP contribution < -0.4 is 0 Å². The summed E-state index contributed by atoms with van der Waals surface area (Å²) in [5, 5.41) is 0. The molecule has 0 aromatic rings. The van der Waals surface area contributed by atoms with Gasteiger partial charge in [-0.2, -0.15) is 0 Å². The SMILES string of the molecule is CC1CC2CC3C(C1)N(C(C)C)C3C2. The van der Waals surface area contributed by atoms with Crippen LogP contribution in [0.3, 0.4) is 0 Å². The first-order chi connectivity index (χ1) is 6.66. The van der Waals surface area contributed by atoms with Crippen molar-refractivity contribution in [2.75, 3.05) is 0 Å². The molecule has 3 rings (SSSR count). The van der Waals surface area contributed by atoms with E-state index in [1.807, 2.05) is 0 Å². The maximum atomic E-state index is 2.82. The van der Waals surface area contributed by atoms with Crippen molar-refractivity contribution in [1.29, 1.82) is 0 Å². The summed E-state index contributed by atoms with van der Waals surface area (Å²) in [6.45, 7) is 7.22. The zero-order valence-electron chi connectivity index (χ0n) is 9.74. The Morgan fingerprint density at radius 1 is 1.00 bits per heavy atom. The molecule has 0 aromatic carbocycles. The van der Waals surface area contributed by atoms with Crippen LogP contribution in [0.15, 0.2) is 0 Å². The zero-order valence-corrected chi connectivity index (χ0v) is 9.74. The molecular weight excluding hydrogens is 170 g/mol. The Labute approximate surface area is 87.9 Å². The van der Waals surface area contributed by atoms with Gasteiger partial charge in [0.25, 0.3) is 0 Å². The minimum atomic E-state index is 0.783. The summed E-state index contributed by atoms with van der Waals surface area (Å²) in [4.78, 5) is 2.82. The molecule has 5 unspecified atom stereocenters. The smallest absolute Gasteiger partial charge is 0.0147 e. The van der Waals surface area contributed by atoms with Gasteiger partial charge in [0.1, 0.15) is 0 Å². The Hall–Kier alpha value is -0.0400. The van der Waals surface area contributed by atoms with Crippen LogP contribution in [0.4, 0.5) is 0 Å². The fraction of sp³-hybridized carbons (Fsp3) is 1.00. The first kappa shape index (κ1) is 9.21. The molecule has 0 N–H and O–H groups in total. The molecule has 3 fully saturated rings. The Bertz CT molecular complexity index is 235. The van der Waals surface area contributed by atoms with Crippen LogP contribution in [0.25, 0.3) is 0 Å². The molecule has 0 spiro atoms. The van der Waals surface area contributed by atoms with Crippen LogP contribution in [0.2, 0.25) is 0 Å². The van der Waals surface area contributed by atoms with Crippen LogP contribution in [0.5, 0.6) is 0 Å². The quantitative estimate of drug-likeness (QED) is 0.619. The molecule has 1 aliphatic heterocycles. The molecular formula is C13H23N. The van der Waals surface area contributed by atoms with Crippen LogP contribution >= 0.6 is 0 Å². The van der Waals surface area contributed by atoms with Crippen molar-refractivity contribution in [3.8, 4) is 0 Å². The molecule has 1 saturated heterocycles. The van der Waals surface area contributed by atoms with Gasteiger partial charge in [0.15, 0.2) is 0 Å². The molecule has 80 valence electrons. The van der Waals surface area contributed by atoms with Crippen molar-refractivity contribution in [3.63, 3.8) is 0 Å². The number of hydrogen-bond donors (Lipinski definition) is 0. The van der Waals surface area contributed by atoms with Gasteiger partial charge in [-0.25, -0.2) is 0 Å². The second kappa shape index (κ2) is 2.98. The van der Waals surface area contributed by atoms with Gasteiger partial charge in [-0.15, -0.1) is 0 Å². The number of fused-ring (bicyclic) bond motifs is 1. The van der Waals surface area contributed by atoms with Crippen LogP contribution in [-0.2, 0) is 0 Å². The molecule has 1 heterocycles. The lowest BCUT2D eigenvalue weighted by atomic mass is 9.76. The Balaban J connectivity index is 1.83. The Kier molecular flexibility index (Phi) is 1.96. The summed E-state index contributed by atoms with van der Waals surface area (Å²) in [7, 11) is 0. The average Bonchev–Trinajstić information content (AvgIpc) is 2.31. The maximum Gasteiger partial charge on any atom is 0.0147 e. The van der Waals surface area contributed by atoms with Crippen molar-refractivity contribution in [2.24, 2.45) is 17.8 Å². The monoisotopic (exact) mass is 193 g/mol. The molecule has 14 heavy (non-hydrogen) atoms. The predicted molar refractivity (Wildman–Crippen MR) is 59.2 cm³/mol. The van der Waals surface area contributed by atoms with Crippen LogP contribution in [0, 0.1) is 17.8 Å². The van der Waals surface area contributed by atoms with Gasteiger partial charge in [-0.1, -0.05) is 6.92 Å². The minimum absolute atomic E-state index is 0.783. The van der Waals surface area contributed by atoms with Crippen molar-refractivity contribution < 1.29 is 0 Å². The number of rotatable bonds is 1. The normalized spacial score (nSPS) is 51.9. The summed E-state index contributed by atoms with van der Waals surface area (Å²) in [5.41, 5.74) is 0. The van der Waals surface area contributed by atoms with E-state index in [0.29, 0.717) is 0 Å². The van der Waals surface area contributed by atoms with Crippen molar-refractivity contribution >= 4 is 0 Å². The Morgan fingerprint density at radius 3 is 2.43 bits per heavy atom. The molecule has 2 aliphatic carbocycles. The highest BCUT2D eigenvalue weighted by Gasteiger charge is 2.55. The van der Waals surface area contributed by atoms with Crippen molar-refractivity contribution in [2.45, 2.75) is 64.6 Å². The standard InChI is InChI=1S/C13H23N/c1-8(2)14-12-5-9(3)4-10-6-11(12)13(14)7-10/h8-13H,4-7H2,1-3H3. The van der Waals surface area contributed by atoms with Gasteiger partial charge in [0, 0.05) is 18.1 Å². The average molecular weight is 193 g/mol. The molecule has 1 heteroatoms. The van der Waals surface area contributed by atoms with Gasteiger partial charge in [0.2, 0.25) is 0 Å². The molecule has 2 saturated carbocycles. The molecule has 0 aromatic heterocycles. The molecule has 2 bridgehead atoms. The lowest BCUT2D eigenvalue weighted by molar-refractivity contribution is -0.0724. The first-order valence-electron chi connectivity index (χ1n) is 6.44. The van der Waals surface area contributed by atoms with Crippen molar-refractivity contribution in [3.05, 3.63) is 0 Å². The first-order valence-corrected chi connectivity index (χ1v) is 6.44. The summed E-state index contributed by atoms with van der Waals surface area (Å²) in [5.74, 6) is 3.15. The van der Waals surface area contributed by atoms with E-state index in [1.165, 1.54) is 19.3 Å². The topological polar surface area (TPSA) is 3.24 Å². The van der Waals surface area contributed by atoms with E-state index in [9.17, 15) is 0 Å². The third-order valence-corrected chi connectivity index (χ3v) is 4.91. The molecule has 1 nitrogen and oxygen atoms in total. The zero-order chi connectivity index (χ0) is 9.87. The van der Waals surface area contributed by atoms with Crippen LogP contribution in [0.1, 0.15) is 46.5 Å². The second-order valence-corrected chi connectivity index (χ2v) is 6.25. The van der Waals surface area contributed by atoms with E-state index < -0.39 is 0 Å². The maximum absolute atomic E-state index is 2.82. The summed E-state index contributed by atoms with van der Waals surface area (Å²) in [6, 6.07) is 2.73. The summed E-state index contributed by atoms with van der Waals surface area (Å²) in [6.07, 6.45) is 6.08. The molecule has 0 amide bonds. The number of nitrogens with zero attached hydrogens (tertiary/aromatic N) is 1. The molecule has 3 aliphatic rings. The van der Waals surface area contributed by atoms with E-state index in [-0.39, 0.29) is 0 Å². The van der Waals surface area contributed by atoms with E-state index >= 15 is 0 Å². The highest BCUT2D eigenvalue weighted by Crippen LogP contribution is 2.54. The van der Waals surface area contributed by atoms with Gasteiger partial charge < -0.3 is 0 Å². The van der Waals surface area contributed by atoms with Gasteiger partial charge in [0.05, 0.1) is 0 Å². The molecule has 0 radical (unpaired) electrons. The van der Waals surface area contributed by atoms with E-state index in [1.54, 1.807) is 6.42 Å². The number of hydrogen-bond acceptors (Lipinski definition) is 1.